The van der Waals surface area contributed by atoms with Crippen molar-refractivity contribution in [1.82, 2.24) is 20.8 Å². The topological polar surface area (TPSA) is 89.3 Å². The number of carbonyl (C=O) groups excluding carboxylic acids is 1. The molecule has 1 heterocycles. The molecule has 0 atom stereocenters. The summed E-state index contributed by atoms with van der Waals surface area (Å²) in [4.78, 5) is 15.6. The SMILES string of the molecule is Cc1noc(COCC(=O)NCCNC2CCCCCC2)n1. The third-order valence-electron chi connectivity index (χ3n) is 3.76. The van der Waals surface area contributed by atoms with Gasteiger partial charge in [-0.05, 0) is 19.8 Å². The van der Waals surface area contributed by atoms with E-state index in [0.717, 1.165) is 6.54 Å². The second-order valence-electron chi connectivity index (χ2n) is 5.72. The normalized spacial score (nSPS) is 16.4. The van der Waals surface area contributed by atoms with Crippen LogP contribution in [0.15, 0.2) is 4.52 Å². The summed E-state index contributed by atoms with van der Waals surface area (Å²) < 4.78 is 10.1. The summed E-state index contributed by atoms with van der Waals surface area (Å²) in [5.41, 5.74) is 0. The molecule has 22 heavy (non-hydrogen) atoms. The van der Waals surface area contributed by atoms with Crippen LogP contribution in [0.25, 0.3) is 0 Å². The van der Waals surface area contributed by atoms with Crippen LogP contribution < -0.4 is 10.6 Å². The predicted molar refractivity (Wildman–Crippen MR) is 81.2 cm³/mol. The average Bonchev–Trinajstić information content (AvgIpc) is 2.76. The maximum absolute atomic E-state index is 11.6. The van der Waals surface area contributed by atoms with Crippen LogP contribution in [0.3, 0.4) is 0 Å². The maximum atomic E-state index is 11.6. The lowest BCUT2D eigenvalue weighted by molar-refractivity contribution is -0.126. The summed E-state index contributed by atoms with van der Waals surface area (Å²) >= 11 is 0. The zero-order valence-corrected chi connectivity index (χ0v) is 13.3. The highest BCUT2D eigenvalue weighted by atomic mass is 16.5. The van der Waals surface area contributed by atoms with Gasteiger partial charge in [0.2, 0.25) is 5.91 Å². The molecule has 1 aromatic heterocycles. The van der Waals surface area contributed by atoms with Crippen LogP contribution in [0.1, 0.15) is 50.2 Å². The second-order valence-corrected chi connectivity index (χ2v) is 5.72. The number of aromatic nitrogens is 2. The number of rotatable bonds is 8. The molecular weight excluding hydrogens is 284 g/mol. The Balaban J connectivity index is 1.48. The van der Waals surface area contributed by atoms with E-state index in [4.69, 9.17) is 9.26 Å². The maximum Gasteiger partial charge on any atom is 0.252 e. The smallest absolute Gasteiger partial charge is 0.252 e. The first kappa shape index (κ1) is 16.9. The highest BCUT2D eigenvalue weighted by Gasteiger charge is 2.11. The summed E-state index contributed by atoms with van der Waals surface area (Å²) in [7, 11) is 0. The summed E-state index contributed by atoms with van der Waals surface area (Å²) in [6.07, 6.45) is 7.83. The number of hydrogen-bond acceptors (Lipinski definition) is 6. The van der Waals surface area contributed by atoms with E-state index >= 15 is 0 Å². The standard InChI is InChI=1S/C15H26N4O3/c1-12-18-15(22-19-12)11-21-10-14(20)17-9-8-16-13-6-4-2-3-5-7-13/h13,16H,2-11H2,1H3,(H,17,20). The molecule has 7 heteroatoms. The first-order valence-electron chi connectivity index (χ1n) is 8.11. The van der Waals surface area contributed by atoms with E-state index in [9.17, 15) is 4.79 Å². The van der Waals surface area contributed by atoms with E-state index in [0.29, 0.717) is 24.3 Å². The number of nitrogens with one attached hydrogen (secondary N) is 2. The molecule has 124 valence electrons. The molecule has 1 aliphatic rings. The molecule has 7 nitrogen and oxygen atoms in total. The molecule has 0 spiro atoms. The Morgan fingerprint density at radius 1 is 1.27 bits per heavy atom. The zero-order chi connectivity index (χ0) is 15.6. The summed E-state index contributed by atoms with van der Waals surface area (Å²) in [6.45, 7) is 3.33. The number of nitrogens with zero attached hydrogens (tertiary/aromatic N) is 2. The van der Waals surface area contributed by atoms with Crippen LogP contribution in [0.5, 0.6) is 0 Å². The lowest BCUT2D eigenvalue weighted by Crippen LogP contribution is -2.38. The molecule has 0 aromatic carbocycles. The van der Waals surface area contributed by atoms with Gasteiger partial charge in [-0.25, -0.2) is 0 Å². The number of ether oxygens (including phenoxy) is 1. The summed E-state index contributed by atoms with van der Waals surface area (Å²) in [6, 6.07) is 0.608. The van der Waals surface area contributed by atoms with Gasteiger partial charge in [-0.3, -0.25) is 4.79 Å². The van der Waals surface area contributed by atoms with Crippen LogP contribution in [0.2, 0.25) is 0 Å². The van der Waals surface area contributed by atoms with Crippen LogP contribution >= 0.6 is 0 Å². The molecule has 0 bridgehead atoms. The third kappa shape index (κ3) is 6.53. The molecule has 2 N–H and O–H groups in total. The molecule has 1 amide bonds. The Kier molecular flexibility index (Phi) is 7.32. The van der Waals surface area contributed by atoms with Crippen LogP contribution in [0, 0.1) is 6.92 Å². The Hall–Kier alpha value is -1.47. The third-order valence-corrected chi connectivity index (χ3v) is 3.76. The molecule has 1 saturated carbocycles. The van der Waals surface area contributed by atoms with E-state index in [1.54, 1.807) is 6.92 Å². The lowest BCUT2D eigenvalue weighted by Gasteiger charge is -2.16. The molecule has 1 aliphatic carbocycles. The fraction of sp³-hybridized carbons (Fsp3) is 0.800. The molecule has 1 fully saturated rings. The van der Waals surface area contributed by atoms with Gasteiger partial charge < -0.3 is 19.9 Å². The van der Waals surface area contributed by atoms with Crippen molar-refractivity contribution in [2.45, 2.75) is 58.1 Å². The molecule has 0 saturated heterocycles. The van der Waals surface area contributed by atoms with Crippen molar-refractivity contribution >= 4 is 5.91 Å². The van der Waals surface area contributed by atoms with Crippen LogP contribution in [-0.2, 0) is 16.1 Å². The first-order valence-corrected chi connectivity index (χ1v) is 8.11. The van der Waals surface area contributed by atoms with Gasteiger partial charge in [-0.2, -0.15) is 4.98 Å². The molecule has 0 radical (unpaired) electrons. The van der Waals surface area contributed by atoms with Crippen molar-refractivity contribution in [3.8, 4) is 0 Å². The summed E-state index contributed by atoms with van der Waals surface area (Å²) in [5, 5.41) is 10.0. The van der Waals surface area contributed by atoms with Gasteiger partial charge >= 0.3 is 0 Å². The minimum absolute atomic E-state index is 0.00482. The van der Waals surface area contributed by atoms with Gasteiger partial charge in [0.15, 0.2) is 5.82 Å². The minimum atomic E-state index is -0.126. The monoisotopic (exact) mass is 310 g/mol. The van der Waals surface area contributed by atoms with Gasteiger partial charge in [0.1, 0.15) is 13.2 Å². The Bertz CT molecular complexity index is 442. The van der Waals surface area contributed by atoms with Crippen molar-refractivity contribution in [3.63, 3.8) is 0 Å². The Morgan fingerprint density at radius 2 is 2.05 bits per heavy atom. The van der Waals surface area contributed by atoms with Crippen LogP contribution in [0.4, 0.5) is 0 Å². The van der Waals surface area contributed by atoms with Gasteiger partial charge in [0.25, 0.3) is 5.89 Å². The Morgan fingerprint density at radius 3 is 2.73 bits per heavy atom. The fourth-order valence-electron chi connectivity index (χ4n) is 2.64. The molecular formula is C15H26N4O3. The van der Waals surface area contributed by atoms with Crippen molar-refractivity contribution in [2.24, 2.45) is 0 Å². The number of carbonyl (C=O) groups is 1. The fourth-order valence-corrected chi connectivity index (χ4v) is 2.64. The summed E-state index contributed by atoms with van der Waals surface area (Å²) in [5.74, 6) is 0.826. The second kappa shape index (κ2) is 9.53. The first-order chi connectivity index (χ1) is 10.7. The minimum Gasteiger partial charge on any atom is -0.362 e. The highest BCUT2D eigenvalue weighted by molar-refractivity contribution is 5.77. The van der Waals surface area contributed by atoms with Gasteiger partial charge in [0.05, 0.1) is 0 Å². The molecule has 0 aliphatic heterocycles. The van der Waals surface area contributed by atoms with Crippen molar-refractivity contribution in [2.75, 3.05) is 19.7 Å². The quantitative estimate of drug-likeness (QED) is 0.556. The number of hydrogen-bond donors (Lipinski definition) is 2. The molecule has 1 aromatic rings. The number of aryl methyl sites for hydroxylation is 1. The van der Waals surface area contributed by atoms with Crippen LogP contribution in [-0.4, -0.2) is 41.8 Å². The van der Waals surface area contributed by atoms with Crippen molar-refractivity contribution < 1.29 is 14.1 Å². The average molecular weight is 310 g/mol. The van der Waals surface area contributed by atoms with E-state index in [2.05, 4.69) is 20.8 Å². The van der Waals surface area contributed by atoms with E-state index in [1.807, 2.05) is 0 Å². The number of amides is 1. The largest absolute Gasteiger partial charge is 0.362 e. The van der Waals surface area contributed by atoms with E-state index in [-0.39, 0.29) is 19.1 Å². The van der Waals surface area contributed by atoms with Gasteiger partial charge in [0, 0.05) is 19.1 Å². The van der Waals surface area contributed by atoms with Crippen molar-refractivity contribution in [3.05, 3.63) is 11.7 Å². The van der Waals surface area contributed by atoms with Gasteiger partial charge in [-0.15, -0.1) is 0 Å². The van der Waals surface area contributed by atoms with E-state index in [1.165, 1.54) is 38.5 Å². The Labute approximate surface area is 131 Å². The zero-order valence-electron chi connectivity index (χ0n) is 13.3. The molecule has 0 unspecified atom stereocenters. The highest BCUT2D eigenvalue weighted by Crippen LogP contribution is 2.16. The van der Waals surface area contributed by atoms with E-state index < -0.39 is 0 Å². The lowest BCUT2D eigenvalue weighted by atomic mass is 10.1. The molecule has 2 rings (SSSR count). The van der Waals surface area contributed by atoms with Crippen molar-refractivity contribution in [1.29, 1.82) is 0 Å². The predicted octanol–water partition coefficient (Wildman–Crippen LogP) is 1.32. The van der Waals surface area contributed by atoms with Gasteiger partial charge in [-0.1, -0.05) is 30.8 Å².